The fourth-order valence-corrected chi connectivity index (χ4v) is 11.7. The number of ether oxygens (including phenoxy) is 4. The van der Waals surface area contributed by atoms with Gasteiger partial charge in [0.25, 0.3) is 5.91 Å². The maximum absolute atomic E-state index is 14.9. The second-order valence-corrected chi connectivity index (χ2v) is 22.5. The molecule has 4 saturated heterocycles. The van der Waals surface area contributed by atoms with E-state index in [9.17, 15) is 28.4 Å². The van der Waals surface area contributed by atoms with Crippen LogP contribution in [0, 0.1) is 11.3 Å². The van der Waals surface area contributed by atoms with E-state index in [4.69, 9.17) is 23.9 Å². The first-order valence-electron chi connectivity index (χ1n) is 27.3. The molecule has 0 unspecified atom stereocenters. The third-order valence-corrected chi connectivity index (χ3v) is 15.9. The smallest absolute Gasteiger partial charge is 0.324 e. The summed E-state index contributed by atoms with van der Waals surface area (Å²) >= 11 is 0. The Morgan fingerprint density at radius 2 is 1.84 bits per heavy atom. The molecule has 7 heterocycles. The van der Waals surface area contributed by atoms with Crippen LogP contribution in [0.25, 0.3) is 22.2 Å². The lowest BCUT2D eigenvalue weighted by atomic mass is 9.84. The van der Waals surface area contributed by atoms with Crippen molar-refractivity contribution in [2.75, 3.05) is 105 Å². The van der Waals surface area contributed by atoms with Gasteiger partial charge in [0.15, 0.2) is 0 Å². The lowest BCUT2D eigenvalue weighted by Gasteiger charge is -2.41. The van der Waals surface area contributed by atoms with Gasteiger partial charge in [0.05, 0.1) is 49.0 Å². The van der Waals surface area contributed by atoms with E-state index in [0.29, 0.717) is 91.1 Å². The summed E-state index contributed by atoms with van der Waals surface area (Å²) in [4.78, 5) is 84.7. The van der Waals surface area contributed by atoms with E-state index in [1.54, 1.807) is 48.2 Å². The maximum Gasteiger partial charge on any atom is 0.324 e. The monoisotopic (exact) mass is 1060 g/mol. The number of esters is 1. The van der Waals surface area contributed by atoms with E-state index < -0.39 is 59.7 Å². The van der Waals surface area contributed by atoms with Crippen molar-refractivity contribution in [3.63, 3.8) is 0 Å². The molecule has 19 nitrogen and oxygen atoms in total. The Morgan fingerprint density at radius 1 is 1.07 bits per heavy atom. The molecule has 6 bridgehead atoms. The molecule has 0 radical (unpaired) electrons. The van der Waals surface area contributed by atoms with Crippen LogP contribution in [0.4, 0.5) is 14.9 Å². The van der Waals surface area contributed by atoms with Crippen molar-refractivity contribution in [3.8, 4) is 11.3 Å². The van der Waals surface area contributed by atoms with Gasteiger partial charge in [-0.2, -0.15) is 0 Å². The summed E-state index contributed by atoms with van der Waals surface area (Å²) in [5, 5.41) is 5.61. The number of aryl methyl sites for hydroxylation is 1. The number of methoxy groups -OCH3 is 1. The number of carbonyl (C=O) groups excluding carboxylic acids is 5. The number of nitrogens with one attached hydrogen (secondary N) is 2. The Labute approximate surface area is 447 Å². The summed E-state index contributed by atoms with van der Waals surface area (Å²) in [5.41, 5.74) is 8.12. The molecule has 5 aliphatic rings. The Kier molecular flexibility index (Phi) is 18.1. The molecule has 0 saturated carbocycles. The number of rotatable bonds is 13. The van der Waals surface area contributed by atoms with E-state index in [1.807, 2.05) is 26.8 Å². The largest absolute Gasteiger partial charge is 0.464 e. The van der Waals surface area contributed by atoms with E-state index in [2.05, 4.69) is 65.2 Å². The van der Waals surface area contributed by atoms with Crippen LogP contribution in [0.3, 0.4) is 0 Å². The van der Waals surface area contributed by atoms with Gasteiger partial charge in [-0.15, -0.1) is 0 Å². The summed E-state index contributed by atoms with van der Waals surface area (Å²) in [6, 6.07) is 7.47. The molecule has 1 spiro atoms. The number of nitrogens with zero attached hydrogens (tertiary/aromatic N) is 8. The summed E-state index contributed by atoms with van der Waals surface area (Å²) in [7, 11) is 5.10. The van der Waals surface area contributed by atoms with Crippen molar-refractivity contribution >= 4 is 46.3 Å². The van der Waals surface area contributed by atoms with Gasteiger partial charge < -0.3 is 53.3 Å². The molecular formula is C56H81FN10O9. The number of benzene rings is 1. The summed E-state index contributed by atoms with van der Waals surface area (Å²) < 4.78 is 39.7. The number of carbonyl (C=O) groups is 5. The van der Waals surface area contributed by atoms with E-state index in [-0.39, 0.29) is 50.3 Å². The van der Waals surface area contributed by atoms with E-state index in [1.165, 1.54) is 16.0 Å². The Bertz CT molecular complexity index is 2600. The molecule has 2 N–H and O–H groups in total. The number of hydrazine groups is 1. The minimum absolute atomic E-state index is 0.129. The molecule has 8 rings (SSSR count). The first kappa shape index (κ1) is 56.5. The highest BCUT2D eigenvalue weighted by molar-refractivity contribution is 5.95. The predicted molar refractivity (Wildman–Crippen MR) is 287 cm³/mol. The highest BCUT2D eigenvalue weighted by Crippen LogP contribution is 2.42. The first-order chi connectivity index (χ1) is 36.4. The number of pyridine rings is 1. The SMILES string of the molecule is CCn1c(-c2cccnc2[C@H](C)OC)c2c3cc(ccc31)N1CCO[C@@H](C[C@H](NC(=O)[C@H](C(C)C)N(C)C(=O)N3CCC4(CC3)CN(C(=O)/C=C/CN(C)CCF)CO4)C(=O)N3CCC[C@H](N3)C(=O)OCC(C)(C)C2)C1. The van der Waals surface area contributed by atoms with Crippen molar-refractivity contribution in [2.45, 2.75) is 123 Å². The Balaban J connectivity index is 1.03. The van der Waals surface area contributed by atoms with Crippen LogP contribution in [0.15, 0.2) is 48.7 Å². The van der Waals surface area contributed by atoms with Gasteiger partial charge in [-0.1, -0.05) is 33.8 Å². The number of hydrogen-bond donors (Lipinski definition) is 2. The van der Waals surface area contributed by atoms with Crippen LogP contribution in [-0.4, -0.2) is 194 Å². The number of halogens is 1. The highest BCUT2D eigenvalue weighted by atomic mass is 19.1. The van der Waals surface area contributed by atoms with E-state index in [0.717, 1.165) is 39.1 Å². The predicted octanol–water partition coefficient (Wildman–Crippen LogP) is 5.32. The fourth-order valence-electron chi connectivity index (χ4n) is 11.7. The van der Waals surface area contributed by atoms with Gasteiger partial charge >= 0.3 is 12.0 Å². The van der Waals surface area contributed by atoms with Gasteiger partial charge in [0.1, 0.15) is 31.5 Å². The van der Waals surface area contributed by atoms with Crippen molar-refractivity contribution in [2.24, 2.45) is 11.3 Å². The summed E-state index contributed by atoms with van der Waals surface area (Å²) in [6.07, 6.45) is 7.00. The molecule has 5 atom stereocenters. The maximum atomic E-state index is 14.9. The second-order valence-electron chi connectivity index (χ2n) is 22.5. The number of anilines is 1. The normalized spacial score (nSPS) is 23.1. The van der Waals surface area contributed by atoms with Crippen molar-refractivity contribution < 1.29 is 47.3 Å². The standard InChI is InChI=1S/C56H81FN10O9/c1-10-66-46-18-17-39-30-42(46)43(50(66)41-14-11-22-58-48(41)38(4)73-9)32-55(5,6)35-75-53(71)44-15-12-24-67(60-44)52(70)45(31-40-33-64(39)28-29-74-40)59-51(69)49(37(2)3)62(8)54(72)63-25-19-56(20-26-63)34-65(36-76-56)47(68)16-13-23-61(7)27-21-57/h11,13-14,16-18,22,30,37-38,40,44-45,49,60H,10,12,15,19-21,23-29,31-36H2,1-9H3,(H,59,69)/b16-13+/t38-,40-,44-,45-,49-/m0/s1. The topological polar surface area (TPSA) is 184 Å². The molecule has 4 fully saturated rings. The number of cyclic esters (lactones) is 1. The lowest BCUT2D eigenvalue weighted by molar-refractivity contribution is -0.156. The molecule has 5 aliphatic heterocycles. The number of likely N-dealkylation sites (N-methyl/N-ethyl adjacent to an activating group) is 2. The Morgan fingerprint density at radius 3 is 2.57 bits per heavy atom. The molecule has 416 valence electrons. The zero-order valence-electron chi connectivity index (χ0n) is 46.1. The minimum Gasteiger partial charge on any atom is -0.464 e. The van der Waals surface area contributed by atoms with Crippen molar-refractivity contribution in [1.82, 2.24) is 44.9 Å². The number of fused-ring (bicyclic) bond motifs is 6. The molecule has 3 aromatic rings. The first-order valence-corrected chi connectivity index (χ1v) is 27.3. The third kappa shape index (κ3) is 12.5. The molecule has 20 heteroatoms. The van der Waals surface area contributed by atoms with E-state index >= 15 is 0 Å². The van der Waals surface area contributed by atoms with Gasteiger partial charge in [-0.25, -0.2) is 14.6 Å². The molecule has 1 aromatic carbocycles. The van der Waals surface area contributed by atoms with Crippen LogP contribution in [0.2, 0.25) is 0 Å². The zero-order valence-corrected chi connectivity index (χ0v) is 46.1. The van der Waals surface area contributed by atoms with Crippen molar-refractivity contribution in [3.05, 3.63) is 59.9 Å². The molecule has 5 amide bonds. The third-order valence-electron chi connectivity index (χ3n) is 15.9. The average molecular weight is 1060 g/mol. The van der Waals surface area contributed by atoms with Gasteiger partial charge in [0.2, 0.25) is 11.8 Å². The van der Waals surface area contributed by atoms with Crippen LogP contribution in [0.1, 0.15) is 91.0 Å². The number of morpholine rings is 1. The summed E-state index contributed by atoms with van der Waals surface area (Å²) in [6.45, 7) is 16.2. The van der Waals surface area contributed by atoms with Crippen molar-refractivity contribution in [1.29, 1.82) is 0 Å². The number of hydrogen-bond acceptors (Lipinski definition) is 13. The number of likely N-dealkylation sites (tertiary alicyclic amines) is 1. The Hall–Kier alpha value is -5.67. The van der Waals surface area contributed by atoms with Gasteiger partial charge in [0, 0.05) is 113 Å². The van der Waals surface area contributed by atoms with Crippen LogP contribution < -0.4 is 15.6 Å². The van der Waals surface area contributed by atoms with Crippen LogP contribution >= 0.6 is 0 Å². The van der Waals surface area contributed by atoms with Gasteiger partial charge in [-0.3, -0.25) is 29.2 Å². The quantitative estimate of drug-likeness (QED) is 0.166. The molecule has 0 aliphatic carbocycles. The number of aromatic nitrogens is 2. The van der Waals surface area contributed by atoms with Crippen LogP contribution in [-0.2, 0) is 51.1 Å². The molecule has 76 heavy (non-hydrogen) atoms. The lowest BCUT2D eigenvalue weighted by Crippen LogP contribution is -2.63. The van der Waals surface area contributed by atoms with Crippen LogP contribution in [0.5, 0.6) is 0 Å². The summed E-state index contributed by atoms with van der Waals surface area (Å²) in [5.74, 6) is -1.87. The van der Waals surface area contributed by atoms with Gasteiger partial charge in [-0.05, 0) is 94.8 Å². The molecule has 2 aromatic heterocycles. The molecular weight excluding hydrogens is 976 g/mol. The minimum atomic E-state index is -1.08. The highest BCUT2D eigenvalue weighted by Gasteiger charge is 2.46. The number of piperidine rings is 1. The average Bonchev–Trinajstić information content (AvgIpc) is 3.99. The number of urea groups is 1. The fraction of sp³-hybridized carbons (Fsp3) is 0.643. The number of amides is 5. The second kappa shape index (κ2) is 24.3. The zero-order chi connectivity index (χ0) is 54.5. The number of alkyl halides is 1.